The maximum atomic E-state index is 11.7. The zero-order chi connectivity index (χ0) is 12.3. The summed E-state index contributed by atoms with van der Waals surface area (Å²) in [4.78, 5) is 16.2. The molecule has 1 amide bonds. The summed E-state index contributed by atoms with van der Waals surface area (Å²) < 4.78 is 0. The molecule has 1 aromatic heterocycles. The molecule has 0 spiro atoms. The van der Waals surface area contributed by atoms with Crippen LogP contribution in [-0.4, -0.2) is 17.4 Å². The molecule has 1 aliphatic rings. The number of hydrogen-bond donors (Lipinski definition) is 2. The summed E-state index contributed by atoms with van der Waals surface area (Å²) in [6.07, 6.45) is 3.66. The van der Waals surface area contributed by atoms with Gasteiger partial charge in [0.15, 0.2) is 0 Å². The average molecular weight is 326 g/mol. The van der Waals surface area contributed by atoms with Gasteiger partial charge in [0, 0.05) is 17.5 Å². The number of aromatic nitrogens is 1. The first-order valence-electron chi connectivity index (χ1n) is 6.12. The number of hydrogen-bond acceptors (Lipinski definition) is 4. The van der Waals surface area contributed by atoms with Crippen LogP contribution in [0.2, 0.25) is 0 Å². The zero-order valence-corrected chi connectivity index (χ0v) is 13.4. The number of carbonyl (C=O) groups is 1. The zero-order valence-electron chi connectivity index (χ0n) is 10.9. The summed E-state index contributed by atoms with van der Waals surface area (Å²) in [6, 6.07) is 0.124. The predicted octanol–water partition coefficient (Wildman–Crippen LogP) is 2.60. The SMILES string of the molecule is Cc1csc(C(NC(=O)CCCN)C2CC2)n1.Cl.Cl. The van der Waals surface area contributed by atoms with Crippen LogP contribution in [0.3, 0.4) is 0 Å². The molecule has 0 aliphatic heterocycles. The largest absolute Gasteiger partial charge is 0.347 e. The molecule has 1 heterocycles. The van der Waals surface area contributed by atoms with E-state index in [0.717, 1.165) is 17.1 Å². The Balaban J connectivity index is 0.00000162. The molecule has 0 radical (unpaired) electrons. The Labute approximate surface area is 130 Å². The van der Waals surface area contributed by atoms with Crippen molar-refractivity contribution in [3.8, 4) is 0 Å². The van der Waals surface area contributed by atoms with E-state index in [9.17, 15) is 4.79 Å². The molecule has 2 rings (SSSR count). The lowest BCUT2D eigenvalue weighted by molar-refractivity contribution is -0.122. The van der Waals surface area contributed by atoms with E-state index >= 15 is 0 Å². The Morgan fingerprint density at radius 2 is 2.26 bits per heavy atom. The van der Waals surface area contributed by atoms with Crippen LogP contribution < -0.4 is 11.1 Å². The lowest BCUT2D eigenvalue weighted by Gasteiger charge is -2.15. The molecular weight excluding hydrogens is 305 g/mol. The summed E-state index contributed by atoms with van der Waals surface area (Å²) in [5, 5.41) is 6.18. The second-order valence-electron chi connectivity index (χ2n) is 4.60. The van der Waals surface area contributed by atoms with E-state index in [4.69, 9.17) is 5.73 Å². The van der Waals surface area contributed by atoms with Crippen molar-refractivity contribution in [3.63, 3.8) is 0 Å². The Morgan fingerprint density at radius 3 is 2.74 bits per heavy atom. The minimum atomic E-state index is 0. The number of nitrogens with one attached hydrogen (secondary N) is 1. The van der Waals surface area contributed by atoms with Crippen molar-refractivity contribution in [2.45, 2.75) is 38.6 Å². The Bertz CT molecular complexity index is 396. The first-order chi connectivity index (χ1) is 8.20. The molecule has 1 fully saturated rings. The molecule has 110 valence electrons. The fourth-order valence-electron chi connectivity index (χ4n) is 1.83. The lowest BCUT2D eigenvalue weighted by Crippen LogP contribution is -2.30. The third-order valence-corrected chi connectivity index (χ3v) is 3.97. The van der Waals surface area contributed by atoms with Gasteiger partial charge in [-0.1, -0.05) is 0 Å². The van der Waals surface area contributed by atoms with Crippen LogP contribution in [0.25, 0.3) is 0 Å². The van der Waals surface area contributed by atoms with Gasteiger partial charge in [0.1, 0.15) is 5.01 Å². The first kappa shape index (κ1) is 18.6. The van der Waals surface area contributed by atoms with Gasteiger partial charge in [0.25, 0.3) is 0 Å². The van der Waals surface area contributed by atoms with Gasteiger partial charge < -0.3 is 11.1 Å². The van der Waals surface area contributed by atoms with Gasteiger partial charge in [-0.05, 0) is 38.6 Å². The fourth-order valence-corrected chi connectivity index (χ4v) is 2.77. The van der Waals surface area contributed by atoms with Crippen molar-refractivity contribution in [2.75, 3.05) is 6.54 Å². The Hall–Kier alpha value is -0.360. The highest BCUT2D eigenvalue weighted by Gasteiger charge is 2.34. The van der Waals surface area contributed by atoms with Crippen molar-refractivity contribution >= 4 is 42.1 Å². The highest BCUT2D eigenvalue weighted by molar-refractivity contribution is 7.09. The van der Waals surface area contributed by atoms with Gasteiger partial charge in [-0.15, -0.1) is 36.2 Å². The van der Waals surface area contributed by atoms with E-state index in [1.54, 1.807) is 11.3 Å². The van der Waals surface area contributed by atoms with Crippen LogP contribution in [0.4, 0.5) is 0 Å². The van der Waals surface area contributed by atoms with Gasteiger partial charge in [0.05, 0.1) is 6.04 Å². The van der Waals surface area contributed by atoms with Crippen LogP contribution in [0.15, 0.2) is 5.38 Å². The molecule has 1 saturated carbocycles. The van der Waals surface area contributed by atoms with E-state index in [0.29, 0.717) is 18.9 Å². The highest BCUT2D eigenvalue weighted by Crippen LogP contribution is 2.41. The third kappa shape index (κ3) is 5.65. The molecule has 3 N–H and O–H groups in total. The van der Waals surface area contributed by atoms with Crippen LogP contribution in [0, 0.1) is 12.8 Å². The molecule has 0 saturated heterocycles. The Morgan fingerprint density at radius 1 is 1.58 bits per heavy atom. The van der Waals surface area contributed by atoms with E-state index in [1.165, 1.54) is 12.8 Å². The van der Waals surface area contributed by atoms with Crippen LogP contribution in [0.1, 0.15) is 42.4 Å². The standard InChI is InChI=1S/C12H19N3OS.2ClH/c1-8-7-17-12(14-8)11(9-4-5-9)15-10(16)3-2-6-13;;/h7,9,11H,2-6,13H2,1H3,(H,15,16);2*1H. The highest BCUT2D eigenvalue weighted by atomic mass is 35.5. The first-order valence-corrected chi connectivity index (χ1v) is 7.00. The predicted molar refractivity (Wildman–Crippen MR) is 83.2 cm³/mol. The summed E-state index contributed by atoms with van der Waals surface area (Å²) in [5.41, 5.74) is 6.44. The molecule has 0 bridgehead atoms. The molecular formula is C12H21Cl2N3OS. The van der Waals surface area contributed by atoms with Crippen molar-refractivity contribution < 1.29 is 4.79 Å². The maximum absolute atomic E-state index is 11.7. The molecule has 7 heteroatoms. The molecule has 1 atom stereocenters. The van der Waals surface area contributed by atoms with Gasteiger partial charge >= 0.3 is 0 Å². The quantitative estimate of drug-likeness (QED) is 0.844. The molecule has 0 aromatic carbocycles. The summed E-state index contributed by atoms with van der Waals surface area (Å²) in [7, 11) is 0. The fraction of sp³-hybridized carbons (Fsp3) is 0.667. The van der Waals surface area contributed by atoms with Gasteiger partial charge in [0.2, 0.25) is 5.91 Å². The summed E-state index contributed by atoms with van der Waals surface area (Å²) in [5.74, 6) is 0.683. The smallest absolute Gasteiger partial charge is 0.220 e. The summed E-state index contributed by atoms with van der Waals surface area (Å²) >= 11 is 1.64. The molecule has 4 nitrogen and oxygen atoms in total. The summed E-state index contributed by atoms with van der Waals surface area (Å²) in [6.45, 7) is 2.55. The normalized spacial score (nSPS) is 15.1. The number of nitrogens with two attached hydrogens (primary N) is 1. The number of halogens is 2. The second kappa shape index (κ2) is 8.74. The van der Waals surface area contributed by atoms with Crippen LogP contribution >= 0.6 is 36.2 Å². The van der Waals surface area contributed by atoms with Crippen molar-refractivity contribution in [1.29, 1.82) is 0 Å². The Kier molecular flexibility index (Phi) is 8.57. The number of amides is 1. The number of aryl methyl sites for hydroxylation is 1. The lowest BCUT2D eigenvalue weighted by atomic mass is 10.2. The number of thiazole rings is 1. The van der Waals surface area contributed by atoms with E-state index in [2.05, 4.69) is 10.3 Å². The molecule has 19 heavy (non-hydrogen) atoms. The minimum absolute atomic E-state index is 0. The van der Waals surface area contributed by atoms with Crippen molar-refractivity contribution in [2.24, 2.45) is 11.7 Å². The number of carbonyl (C=O) groups excluding carboxylic acids is 1. The third-order valence-electron chi connectivity index (χ3n) is 2.92. The topological polar surface area (TPSA) is 68.0 Å². The molecule has 1 unspecified atom stereocenters. The number of rotatable bonds is 6. The van der Waals surface area contributed by atoms with E-state index in [-0.39, 0.29) is 36.8 Å². The van der Waals surface area contributed by atoms with Crippen molar-refractivity contribution in [3.05, 3.63) is 16.1 Å². The van der Waals surface area contributed by atoms with Crippen molar-refractivity contribution in [1.82, 2.24) is 10.3 Å². The maximum Gasteiger partial charge on any atom is 0.220 e. The monoisotopic (exact) mass is 325 g/mol. The second-order valence-corrected chi connectivity index (χ2v) is 5.49. The molecule has 1 aromatic rings. The number of nitrogens with zero attached hydrogens (tertiary/aromatic N) is 1. The van der Waals surface area contributed by atoms with Gasteiger partial charge in [-0.3, -0.25) is 4.79 Å². The van der Waals surface area contributed by atoms with E-state index in [1.807, 2.05) is 12.3 Å². The van der Waals surface area contributed by atoms with Gasteiger partial charge in [-0.2, -0.15) is 0 Å². The minimum Gasteiger partial charge on any atom is -0.347 e. The van der Waals surface area contributed by atoms with Gasteiger partial charge in [-0.25, -0.2) is 4.98 Å². The van der Waals surface area contributed by atoms with Crippen LogP contribution in [0.5, 0.6) is 0 Å². The molecule has 1 aliphatic carbocycles. The average Bonchev–Trinajstić information content (AvgIpc) is 3.06. The van der Waals surface area contributed by atoms with Crippen LogP contribution in [-0.2, 0) is 4.79 Å². The van der Waals surface area contributed by atoms with E-state index < -0.39 is 0 Å².